The van der Waals surface area contributed by atoms with Crippen molar-refractivity contribution in [1.82, 2.24) is 0 Å². The molecule has 2 rings (SSSR count). The summed E-state index contributed by atoms with van der Waals surface area (Å²) in [5, 5.41) is 0. The van der Waals surface area contributed by atoms with Gasteiger partial charge in [0.2, 0.25) is 0 Å². The van der Waals surface area contributed by atoms with E-state index in [1.165, 1.54) is 18.2 Å². The second-order valence-corrected chi connectivity index (χ2v) is 3.34. The van der Waals surface area contributed by atoms with Crippen LogP contribution in [0.3, 0.4) is 0 Å². The van der Waals surface area contributed by atoms with Crippen molar-refractivity contribution in [3.8, 4) is 11.1 Å². The predicted octanol–water partition coefficient (Wildman–Crippen LogP) is 3.44. The first-order valence-electron chi connectivity index (χ1n) is 4.72. The van der Waals surface area contributed by atoms with E-state index in [0.29, 0.717) is 17.4 Å². The van der Waals surface area contributed by atoms with Gasteiger partial charge < -0.3 is 0 Å². The molecule has 0 fully saturated rings. The fourth-order valence-electron chi connectivity index (χ4n) is 1.51. The highest BCUT2D eigenvalue weighted by atomic mass is 19.2. The van der Waals surface area contributed by atoms with Crippen LogP contribution in [0.25, 0.3) is 11.1 Å². The lowest BCUT2D eigenvalue weighted by molar-refractivity contribution is 0.112. The summed E-state index contributed by atoms with van der Waals surface area (Å²) in [7, 11) is 0. The summed E-state index contributed by atoms with van der Waals surface area (Å²) in [5.74, 6) is -1.79. The molecular formula is C13H8F2O. The van der Waals surface area contributed by atoms with Gasteiger partial charge in [0.25, 0.3) is 0 Å². The van der Waals surface area contributed by atoms with Gasteiger partial charge in [-0.25, -0.2) is 8.78 Å². The van der Waals surface area contributed by atoms with Gasteiger partial charge in [-0.1, -0.05) is 30.3 Å². The molecule has 0 aliphatic carbocycles. The zero-order valence-electron chi connectivity index (χ0n) is 8.28. The number of carbonyl (C=O) groups excluding carboxylic acids is 1. The van der Waals surface area contributed by atoms with Gasteiger partial charge in [0, 0.05) is 11.1 Å². The summed E-state index contributed by atoms with van der Waals surface area (Å²) in [4.78, 5) is 10.6. The van der Waals surface area contributed by atoms with Crippen LogP contribution in [0, 0.1) is 11.6 Å². The van der Waals surface area contributed by atoms with Crippen LogP contribution in [0.2, 0.25) is 0 Å². The van der Waals surface area contributed by atoms with Crippen LogP contribution in [0.15, 0.2) is 42.5 Å². The molecule has 0 aromatic heterocycles. The van der Waals surface area contributed by atoms with Crippen LogP contribution in [-0.4, -0.2) is 6.29 Å². The standard InChI is InChI=1S/C13H8F2O/c14-12-6-2-5-11(13(12)15)10-4-1-3-9(7-10)8-16/h1-8H. The highest BCUT2D eigenvalue weighted by Crippen LogP contribution is 2.24. The van der Waals surface area contributed by atoms with Gasteiger partial charge in [-0.15, -0.1) is 0 Å². The summed E-state index contributed by atoms with van der Waals surface area (Å²) in [5.41, 5.74) is 1.08. The van der Waals surface area contributed by atoms with Crippen molar-refractivity contribution in [2.45, 2.75) is 0 Å². The maximum atomic E-state index is 13.5. The van der Waals surface area contributed by atoms with Crippen LogP contribution in [0.4, 0.5) is 8.78 Å². The maximum Gasteiger partial charge on any atom is 0.166 e. The number of hydrogen-bond donors (Lipinski definition) is 0. The molecule has 0 saturated heterocycles. The van der Waals surface area contributed by atoms with E-state index in [9.17, 15) is 13.6 Å². The monoisotopic (exact) mass is 218 g/mol. The molecule has 0 bridgehead atoms. The first-order chi connectivity index (χ1) is 7.72. The molecule has 0 spiro atoms. The topological polar surface area (TPSA) is 17.1 Å². The van der Waals surface area contributed by atoms with Crippen molar-refractivity contribution in [1.29, 1.82) is 0 Å². The summed E-state index contributed by atoms with van der Waals surface area (Å²) in [6.45, 7) is 0. The minimum absolute atomic E-state index is 0.156. The quantitative estimate of drug-likeness (QED) is 0.705. The maximum absolute atomic E-state index is 13.5. The second kappa shape index (κ2) is 4.23. The SMILES string of the molecule is O=Cc1cccc(-c2cccc(F)c2F)c1. The van der Waals surface area contributed by atoms with Crippen molar-refractivity contribution in [3.05, 3.63) is 59.7 Å². The van der Waals surface area contributed by atoms with E-state index in [0.717, 1.165) is 6.07 Å². The minimum Gasteiger partial charge on any atom is -0.298 e. The Kier molecular flexibility index (Phi) is 2.77. The molecule has 0 aliphatic heterocycles. The van der Waals surface area contributed by atoms with Gasteiger partial charge in [-0.05, 0) is 17.7 Å². The lowest BCUT2D eigenvalue weighted by Crippen LogP contribution is -1.90. The minimum atomic E-state index is -0.898. The average molecular weight is 218 g/mol. The second-order valence-electron chi connectivity index (χ2n) is 3.34. The molecule has 3 heteroatoms. The lowest BCUT2D eigenvalue weighted by atomic mass is 10.0. The molecule has 0 N–H and O–H groups in total. The van der Waals surface area contributed by atoms with Gasteiger partial charge in [0.05, 0.1) is 0 Å². The van der Waals surface area contributed by atoms with Crippen LogP contribution in [0.1, 0.15) is 10.4 Å². The Balaban J connectivity index is 2.58. The van der Waals surface area contributed by atoms with Gasteiger partial charge in [0.1, 0.15) is 6.29 Å². The van der Waals surface area contributed by atoms with E-state index in [1.807, 2.05) is 0 Å². The van der Waals surface area contributed by atoms with E-state index >= 15 is 0 Å². The van der Waals surface area contributed by atoms with Crippen molar-refractivity contribution < 1.29 is 13.6 Å². The smallest absolute Gasteiger partial charge is 0.166 e. The highest BCUT2D eigenvalue weighted by Gasteiger charge is 2.09. The van der Waals surface area contributed by atoms with Crippen LogP contribution < -0.4 is 0 Å². The van der Waals surface area contributed by atoms with Crippen LogP contribution in [0.5, 0.6) is 0 Å². The van der Waals surface area contributed by atoms with Crippen molar-refractivity contribution >= 4 is 6.29 Å². The number of hydrogen-bond acceptors (Lipinski definition) is 1. The largest absolute Gasteiger partial charge is 0.298 e. The Morgan fingerprint density at radius 1 is 1.00 bits per heavy atom. The third-order valence-corrected chi connectivity index (χ3v) is 2.29. The Hall–Kier alpha value is -2.03. The van der Waals surface area contributed by atoms with E-state index in [4.69, 9.17) is 0 Å². The highest BCUT2D eigenvalue weighted by molar-refractivity contribution is 5.78. The first kappa shape index (κ1) is 10.5. The van der Waals surface area contributed by atoms with Crippen molar-refractivity contribution in [3.63, 3.8) is 0 Å². The predicted molar refractivity (Wildman–Crippen MR) is 57.2 cm³/mol. The fourth-order valence-corrected chi connectivity index (χ4v) is 1.51. The van der Waals surface area contributed by atoms with Crippen molar-refractivity contribution in [2.24, 2.45) is 0 Å². The van der Waals surface area contributed by atoms with Gasteiger partial charge >= 0.3 is 0 Å². The summed E-state index contributed by atoms with van der Waals surface area (Å²) in [6.07, 6.45) is 0.667. The molecular weight excluding hydrogens is 210 g/mol. The number of halogens is 2. The molecule has 16 heavy (non-hydrogen) atoms. The lowest BCUT2D eigenvalue weighted by Gasteiger charge is -2.04. The normalized spacial score (nSPS) is 10.1. The molecule has 2 aromatic rings. The summed E-state index contributed by atoms with van der Waals surface area (Å²) in [6, 6.07) is 10.3. The number of rotatable bonds is 2. The van der Waals surface area contributed by atoms with E-state index < -0.39 is 11.6 Å². The third-order valence-electron chi connectivity index (χ3n) is 2.29. The molecule has 2 aromatic carbocycles. The first-order valence-corrected chi connectivity index (χ1v) is 4.72. The zero-order chi connectivity index (χ0) is 11.5. The number of benzene rings is 2. The molecule has 0 atom stereocenters. The van der Waals surface area contributed by atoms with E-state index in [-0.39, 0.29) is 5.56 Å². The Morgan fingerprint density at radius 2 is 1.75 bits per heavy atom. The average Bonchev–Trinajstić information content (AvgIpc) is 2.33. The number of carbonyl (C=O) groups is 1. The van der Waals surface area contributed by atoms with E-state index in [1.54, 1.807) is 18.2 Å². The Labute approximate surface area is 91.3 Å². The molecule has 0 saturated carbocycles. The molecule has 0 unspecified atom stereocenters. The molecule has 80 valence electrons. The molecule has 0 aliphatic rings. The zero-order valence-corrected chi connectivity index (χ0v) is 8.28. The van der Waals surface area contributed by atoms with Crippen LogP contribution in [-0.2, 0) is 0 Å². The third kappa shape index (κ3) is 1.84. The fraction of sp³-hybridized carbons (Fsp3) is 0. The number of aldehydes is 1. The van der Waals surface area contributed by atoms with Gasteiger partial charge in [0.15, 0.2) is 11.6 Å². The molecule has 0 heterocycles. The summed E-state index contributed by atoms with van der Waals surface area (Å²) >= 11 is 0. The van der Waals surface area contributed by atoms with Gasteiger partial charge in [-0.3, -0.25) is 4.79 Å². The Morgan fingerprint density at radius 3 is 2.50 bits per heavy atom. The van der Waals surface area contributed by atoms with E-state index in [2.05, 4.69) is 0 Å². The molecule has 1 nitrogen and oxygen atoms in total. The summed E-state index contributed by atoms with van der Waals surface area (Å²) < 4.78 is 26.5. The molecule has 0 amide bonds. The van der Waals surface area contributed by atoms with Crippen LogP contribution >= 0.6 is 0 Å². The Bertz CT molecular complexity index is 535. The van der Waals surface area contributed by atoms with Gasteiger partial charge in [-0.2, -0.15) is 0 Å². The molecule has 0 radical (unpaired) electrons. The van der Waals surface area contributed by atoms with Crippen molar-refractivity contribution in [2.75, 3.05) is 0 Å².